The first-order valence-electron chi connectivity index (χ1n) is 7.38. The molecule has 0 aliphatic rings. The number of thiol groups is 1. The van der Waals surface area contributed by atoms with Crippen LogP contribution in [0.5, 0.6) is 0 Å². The van der Waals surface area contributed by atoms with Crippen molar-refractivity contribution in [2.45, 2.75) is 46.5 Å². The summed E-state index contributed by atoms with van der Waals surface area (Å²) in [5, 5.41) is 4.19. The van der Waals surface area contributed by atoms with E-state index in [2.05, 4.69) is 95.0 Å². The van der Waals surface area contributed by atoms with E-state index in [1.807, 2.05) is 0 Å². The van der Waals surface area contributed by atoms with E-state index in [1.165, 1.54) is 27.8 Å². The summed E-state index contributed by atoms with van der Waals surface area (Å²) < 4.78 is 0. The van der Waals surface area contributed by atoms with Crippen molar-refractivity contribution in [2.75, 3.05) is 0 Å². The highest BCUT2D eigenvalue weighted by Crippen LogP contribution is 2.29. The third-order valence-corrected chi connectivity index (χ3v) is 3.73. The third kappa shape index (κ3) is 4.62. The molecule has 21 heavy (non-hydrogen) atoms. The van der Waals surface area contributed by atoms with E-state index < -0.39 is 0 Å². The van der Waals surface area contributed by atoms with E-state index in [4.69, 9.17) is 0 Å². The smallest absolute Gasteiger partial charge is 0.0129 e. The van der Waals surface area contributed by atoms with E-state index in [1.54, 1.807) is 0 Å². The summed E-state index contributed by atoms with van der Waals surface area (Å²) in [6.45, 7) is 11.2. The average Bonchev–Trinajstić information content (AvgIpc) is 2.48. The summed E-state index contributed by atoms with van der Waals surface area (Å²) in [5.74, 6) is 0. The topological polar surface area (TPSA) is 26.0 Å². The summed E-state index contributed by atoms with van der Waals surface area (Å²) in [7, 11) is 0. The Hall–Kier alpha value is -1.25. The molecule has 0 saturated heterocycles. The minimum absolute atomic E-state index is 0.217. The van der Waals surface area contributed by atoms with Crippen LogP contribution in [0, 0.1) is 6.92 Å². The summed E-state index contributed by atoms with van der Waals surface area (Å²) in [4.78, 5) is 0. The first-order chi connectivity index (χ1) is 9.91. The van der Waals surface area contributed by atoms with Gasteiger partial charge in [-0.25, -0.2) is 0 Å². The maximum absolute atomic E-state index is 4.19. The van der Waals surface area contributed by atoms with Gasteiger partial charge in [-0.2, -0.15) is 0 Å². The molecule has 0 unspecified atom stereocenters. The van der Waals surface area contributed by atoms with Crippen molar-refractivity contribution < 1.29 is 0 Å². The quantitative estimate of drug-likeness (QED) is 0.722. The van der Waals surface area contributed by atoms with Gasteiger partial charge in [-0.15, -0.1) is 12.8 Å². The van der Waals surface area contributed by atoms with Crippen molar-refractivity contribution >= 4 is 12.8 Å². The molecule has 2 heteroatoms. The first-order valence-corrected chi connectivity index (χ1v) is 7.89. The molecule has 0 spiro atoms. The largest absolute Gasteiger partial charge is 0.281 e. The van der Waals surface area contributed by atoms with Gasteiger partial charge in [0.2, 0.25) is 0 Å². The molecule has 1 nitrogen and oxygen atoms in total. The molecule has 0 aromatic heterocycles. The molecule has 0 atom stereocenters. The first kappa shape index (κ1) is 17.8. The molecule has 0 radical (unpaired) electrons. The van der Waals surface area contributed by atoms with Crippen LogP contribution in [-0.2, 0) is 11.8 Å². The number of aryl methyl sites for hydroxylation is 2. The predicted octanol–water partition coefficient (Wildman–Crippen LogP) is 5.31. The van der Waals surface area contributed by atoms with Crippen LogP contribution in [-0.4, -0.2) is 0 Å². The second-order valence-corrected chi connectivity index (χ2v) is 6.33. The highest BCUT2D eigenvalue weighted by molar-refractivity contribution is 7.77. The van der Waals surface area contributed by atoms with Gasteiger partial charge in [-0.05, 0) is 46.6 Å². The van der Waals surface area contributed by atoms with Crippen molar-refractivity contribution in [3.8, 4) is 11.1 Å². The van der Waals surface area contributed by atoms with Crippen LogP contribution in [0.25, 0.3) is 11.1 Å². The van der Waals surface area contributed by atoms with Crippen LogP contribution in [0.4, 0.5) is 0 Å². The second kappa shape index (κ2) is 7.67. The van der Waals surface area contributed by atoms with Crippen LogP contribution in [0.1, 0.15) is 44.4 Å². The van der Waals surface area contributed by atoms with Gasteiger partial charge in [-0.1, -0.05) is 70.2 Å². The maximum Gasteiger partial charge on any atom is -0.0129 e. The Kier molecular flexibility index (Phi) is 6.50. The van der Waals surface area contributed by atoms with E-state index in [9.17, 15) is 0 Å². The molecule has 0 aliphatic heterocycles. The Morgan fingerprint density at radius 1 is 0.905 bits per heavy atom. The summed E-state index contributed by atoms with van der Waals surface area (Å²) in [6.07, 6.45) is 1.10. The fourth-order valence-corrected chi connectivity index (χ4v) is 2.62. The standard InChI is InChI=1S/C19H24.H3NS/c1-6-15-7-9-16(10-8-15)17-11-12-18(14(2)13-17)19(3,4)5;1-2/h7-13H,6H2,1-5H3;2H,1H2. The molecular weight excluding hydrogens is 274 g/mol. The zero-order valence-corrected chi connectivity index (χ0v) is 14.7. The van der Waals surface area contributed by atoms with Crippen molar-refractivity contribution in [3.63, 3.8) is 0 Å². The Morgan fingerprint density at radius 3 is 1.86 bits per heavy atom. The average molecular weight is 301 g/mol. The molecule has 114 valence electrons. The van der Waals surface area contributed by atoms with Crippen molar-refractivity contribution in [1.29, 1.82) is 0 Å². The van der Waals surface area contributed by atoms with E-state index in [0.717, 1.165) is 6.42 Å². The van der Waals surface area contributed by atoms with E-state index in [0.29, 0.717) is 0 Å². The lowest BCUT2D eigenvalue weighted by molar-refractivity contribution is 0.586. The number of rotatable bonds is 2. The normalized spacial score (nSPS) is 10.8. The van der Waals surface area contributed by atoms with Gasteiger partial charge >= 0.3 is 0 Å². The fourth-order valence-electron chi connectivity index (χ4n) is 2.62. The van der Waals surface area contributed by atoms with Gasteiger partial charge in [0.25, 0.3) is 0 Å². The van der Waals surface area contributed by atoms with Crippen LogP contribution in [0.3, 0.4) is 0 Å². The Morgan fingerprint density at radius 2 is 1.43 bits per heavy atom. The zero-order valence-electron chi connectivity index (χ0n) is 13.8. The Bertz CT molecular complexity index is 565. The molecule has 0 aliphatic carbocycles. The minimum atomic E-state index is 0.217. The Balaban J connectivity index is 0.00000106. The lowest BCUT2D eigenvalue weighted by atomic mass is 9.83. The van der Waals surface area contributed by atoms with E-state index in [-0.39, 0.29) is 5.41 Å². The lowest BCUT2D eigenvalue weighted by Gasteiger charge is -2.22. The van der Waals surface area contributed by atoms with Gasteiger partial charge in [-0.3, -0.25) is 5.14 Å². The molecule has 0 saturated carbocycles. The molecule has 2 N–H and O–H groups in total. The number of hydrogen-bond acceptors (Lipinski definition) is 2. The molecule has 2 aromatic rings. The van der Waals surface area contributed by atoms with Crippen molar-refractivity contribution in [2.24, 2.45) is 5.14 Å². The fraction of sp³-hybridized carbons (Fsp3) is 0.368. The van der Waals surface area contributed by atoms with Crippen LogP contribution in [0.15, 0.2) is 42.5 Å². The molecule has 0 fully saturated rings. The molecule has 0 amide bonds. The highest BCUT2D eigenvalue weighted by atomic mass is 32.1. The molecule has 0 bridgehead atoms. The molecule has 0 heterocycles. The number of benzene rings is 2. The van der Waals surface area contributed by atoms with Crippen molar-refractivity contribution in [3.05, 3.63) is 59.2 Å². The van der Waals surface area contributed by atoms with Gasteiger partial charge in [0, 0.05) is 0 Å². The zero-order chi connectivity index (χ0) is 16.0. The predicted molar refractivity (Wildman–Crippen MR) is 97.9 cm³/mol. The van der Waals surface area contributed by atoms with Crippen LogP contribution in [0.2, 0.25) is 0 Å². The van der Waals surface area contributed by atoms with Gasteiger partial charge in [0.1, 0.15) is 0 Å². The Labute approximate surface area is 135 Å². The van der Waals surface area contributed by atoms with Crippen molar-refractivity contribution in [1.82, 2.24) is 0 Å². The van der Waals surface area contributed by atoms with Crippen LogP contribution >= 0.6 is 12.8 Å². The molecule has 2 rings (SSSR count). The maximum atomic E-state index is 4.19. The number of hydrogen-bond donors (Lipinski definition) is 2. The van der Waals surface area contributed by atoms with Gasteiger partial charge in [0.15, 0.2) is 0 Å². The van der Waals surface area contributed by atoms with Crippen LogP contribution < -0.4 is 5.14 Å². The monoisotopic (exact) mass is 301 g/mol. The van der Waals surface area contributed by atoms with E-state index >= 15 is 0 Å². The lowest BCUT2D eigenvalue weighted by Crippen LogP contribution is -2.12. The summed E-state index contributed by atoms with van der Waals surface area (Å²) >= 11 is 3.03. The third-order valence-electron chi connectivity index (χ3n) is 3.73. The SMILES string of the molecule is CCc1ccc(-c2ccc(C(C)(C)C)c(C)c2)cc1.NS. The van der Waals surface area contributed by atoms with Gasteiger partial charge < -0.3 is 0 Å². The minimum Gasteiger partial charge on any atom is -0.281 e. The summed E-state index contributed by atoms with van der Waals surface area (Å²) in [5.41, 5.74) is 7.04. The molecule has 2 aromatic carbocycles. The highest BCUT2D eigenvalue weighted by Gasteiger charge is 2.16. The number of nitrogens with two attached hydrogens (primary N) is 1. The van der Waals surface area contributed by atoms with Gasteiger partial charge in [0.05, 0.1) is 0 Å². The summed E-state index contributed by atoms with van der Waals surface area (Å²) in [6, 6.07) is 15.7. The molecular formula is C19H27NS. The second-order valence-electron chi connectivity index (χ2n) is 6.33.